The molecule has 8 nitrogen and oxygen atoms in total. The van der Waals surface area contributed by atoms with Crippen LogP contribution in [0.3, 0.4) is 0 Å². The summed E-state index contributed by atoms with van der Waals surface area (Å²) in [6.45, 7) is 3.27. The van der Waals surface area contributed by atoms with Gasteiger partial charge in [-0.15, -0.1) is 0 Å². The van der Waals surface area contributed by atoms with Crippen LogP contribution >= 0.6 is 0 Å². The molecule has 4 N–H and O–H groups in total. The minimum absolute atomic E-state index is 0.367. The van der Waals surface area contributed by atoms with E-state index in [9.17, 15) is 9.59 Å². The van der Waals surface area contributed by atoms with Crippen molar-refractivity contribution in [3.63, 3.8) is 0 Å². The zero-order valence-corrected chi connectivity index (χ0v) is 9.39. The van der Waals surface area contributed by atoms with Crippen LogP contribution in [0.2, 0.25) is 0 Å². The number of amides is 1. The zero-order valence-electron chi connectivity index (χ0n) is 9.39. The SMILES string of the molecule is CC(C)(Nc1cc2n[nH]c(=O)n2cn1)C(N)=O. The van der Waals surface area contributed by atoms with Gasteiger partial charge in [0.25, 0.3) is 0 Å². The van der Waals surface area contributed by atoms with Crippen molar-refractivity contribution in [3.05, 3.63) is 22.9 Å². The van der Waals surface area contributed by atoms with Gasteiger partial charge in [0.2, 0.25) is 5.91 Å². The average Bonchev–Trinajstić information content (AvgIpc) is 2.59. The molecule has 0 unspecified atom stereocenters. The second-order valence-electron chi connectivity index (χ2n) is 4.15. The molecule has 0 atom stereocenters. The first kappa shape index (κ1) is 11.1. The van der Waals surface area contributed by atoms with Crippen LogP contribution in [0.5, 0.6) is 0 Å². The third-order valence-electron chi connectivity index (χ3n) is 2.37. The Morgan fingerprint density at radius 3 is 2.94 bits per heavy atom. The third kappa shape index (κ3) is 1.96. The second-order valence-corrected chi connectivity index (χ2v) is 4.15. The standard InChI is InChI=1S/C9H12N6O2/c1-9(2,7(10)16)12-5-3-6-13-14-8(17)15(6)4-11-5/h3-4,12H,1-2H3,(H2,10,16)(H,14,17). The van der Waals surface area contributed by atoms with E-state index >= 15 is 0 Å². The van der Waals surface area contributed by atoms with Crippen molar-refractivity contribution in [2.75, 3.05) is 5.32 Å². The number of H-pyrrole nitrogens is 1. The Kier molecular flexibility index (Phi) is 2.34. The average molecular weight is 236 g/mol. The van der Waals surface area contributed by atoms with Gasteiger partial charge in [-0.3, -0.25) is 4.79 Å². The van der Waals surface area contributed by atoms with E-state index in [2.05, 4.69) is 20.5 Å². The highest BCUT2D eigenvalue weighted by atomic mass is 16.2. The summed E-state index contributed by atoms with van der Waals surface area (Å²) in [6, 6.07) is 1.54. The van der Waals surface area contributed by atoms with Gasteiger partial charge in [-0.05, 0) is 13.8 Å². The van der Waals surface area contributed by atoms with Crippen molar-refractivity contribution in [2.24, 2.45) is 5.73 Å². The summed E-state index contributed by atoms with van der Waals surface area (Å²) in [4.78, 5) is 26.3. The summed E-state index contributed by atoms with van der Waals surface area (Å²) in [5.41, 5.74) is 4.34. The van der Waals surface area contributed by atoms with Crippen molar-refractivity contribution in [2.45, 2.75) is 19.4 Å². The Hall–Kier alpha value is -2.38. The van der Waals surface area contributed by atoms with Crippen LogP contribution in [0.4, 0.5) is 5.82 Å². The van der Waals surface area contributed by atoms with Crippen molar-refractivity contribution in [1.82, 2.24) is 19.6 Å². The highest BCUT2D eigenvalue weighted by molar-refractivity contribution is 5.86. The lowest BCUT2D eigenvalue weighted by molar-refractivity contribution is -0.121. The summed E-state index contributed by atoms with van der Waals surface area (Å²) >= 11 is 0. The van der Waals surface area contributed by atoms with E-state index in [1.54, 1.807) is 19.9 Å². The largest absolute Gasteiger partial charge is 0.368 e. The number of carbonyl (C=O) groups is 1. The number of primary amides is 1. The quantitative estimate of drug-likeness (QED) is 0.637. The maximum absolute atomic E-state index is 11.2. The number of carbonyl (C=O) groups excluding carboxylic acids is 1. The van der Waals surface area contributed by atoms with Gasteiger partial charge >= 0.3 is 5.69 Å². The molecule has 0 saturated carbocycles. The molecule has 0 spiro atoms. The Bertz CT molecular complexity index is 626. The number of aromatic amines is 1. The number of hydrogen-bond acceptors (Lipinski definition) is 5. The van der Waals surface area contributed by atoms with Gasteiger partial charge in [-0.2, -0.15) is 5.10 Å². The molecule has 1 amide bonds. The van der Waals surface area contributed by atoms with E-state index in [1.807, 2.05) is 0 Å². The molecule has 8 heteroatoms. The first-order valence-corrected chi connectivity index (χ1v) is 4.91. The van der Waals surface area contributed by atoms with Crippen LogP contribution in [0.15, 0.2) is 17.2 Å². The maximum Gasteiger partial charge on any atom is 0.348 e. The Morgan fingerprint density at radius 2 is 2.29 bits per heavy atom. The molecule has 2 aromatic rings. The molecule has 0 bridgehead atoms. The fourth-order valence-electron chi connectivity index (χ4n) is 1.26. The normalized spacial score (nSPS) is 11.6. The lowest BCUT2D eigenvalue weighted by Crippen LogP contribution is -2.45. The minimum Gasteiger partial charge on any atom is -0.368 e. The van der Waals surface area contributed by atoms with Crippen molar-refractivity contribution in [1.29, 1.82) is 0 Å². The number of nitrogens with one attached hydrogen (secondary N) is 2. The number of nitrogens with zero attached hydrogens (tertiary/aromatic N) is 3. The van der Waals surface area contributed by atoms with E-state index in [0.29, 0.717) is 11.5 Å². The number of aromatic nitrogens is 4. The summed E-state index contributed by atoms with van der Waals surface area (Å²) in [6.07, 6.45) is 1.32. The third-order valence-corrected chi connectivity index (χ3v) is 2.37. The summed E-state index contributed by atoms with van der Waals surface area (Å²) in [7, 11) is 0. The molecule has 0 radical (unpaired) electrons. The lowest BCUT2D eigenvalue weighted by atomic mass is 10.1. The van der Waals surface area contributed by atoms with Crippen LogP contribution in [-0.2, 0) is 4.79 Å². The smallest absolute Gasteiger partial charge is 0.348 e. The molecule has 0 aliphatic rings. The molecule has 0 aromatic carbocycles. The first-order valence-electron chi connectivity index (χ1n) is 4.91. The Labute approximate surface area is 95.8 Å². The van der Waals surface area contributed by atoms with Gasteiger partial charge in [0.15, 0.2) is 5.65 Å². The van der Waals surface area contributed by atoms with Crippen LogP contribution in [0.25, 0.3) is 5.65 Å². The topological polar surface area (TPSA) is 118 Å². The molecule has 2 rings (SSSR count). The van der Waals surface area contributed by atoms with Gasteiger partial charge in [-0.25, -0.2) is 19.3 Å². The fraction of sp³-hybridized carbons (Fsp3) is 0.333. The molecule has 17 heavy (non-hydrogen) atoms. The molecule has 0 aliphatic heterocycles. The molecular formula is C9H12N6O2. The highest BCUT2D eigenvalue weighted by Crippen LogP contribution is 2.12. The number of nitrogens with two attached hydrogens (primary N) is 1. The van der Waals surface area contributed by atoms with Crippen molar-refractivity contribution in [3.8, 4) is 0 Å². The number of rotatable bonds is 3. The van der Waals surface area contributed by atoms with E-state index < -0.39 is 11.4 Å². The molecule has 0 fully saturated rings. The van der Waals surface area contributed by atoms with Crippen molar-refractivity contribution < 1.29 is 4.79 Å². The zero-order chi connectivity index (χ0) is 12.6. The number of hydrogen-bond donors (Lipinski definition) is 3. The van der Waals surface area contributed by atoms with E-state index in [0.717, 1.165) is 0 Å². The Morgan fingerprint density at radius 1 is 1.59 bits per heavy atom. The highest BCUT2D eigenvalue weighted by Gasteiger charge is 2.25. The van der Waals surface area contributed by atoms with E-state index in [-0.39, 0.29) is 5.69 Å². The maximum atomic E-state index is 11.2. The predicted octanol–water partition coefficient (Wildman–Crippen LogP) is -0.907. The van der Waals surface area contributed by atoms with Crippen LogP contribution in [0, 0.1) is 0 Å². The summed E-state index contributed by atoms with van der Waals surface area (Å²) < 4.78 is 1.25. The molecule has 2 aromatic heterocycles. The summed E-state index contributed by atoms with van der Waals surface area (Å²) in [5, 5.41) is 8.93. The molecule has 0 saturated heterocycles. The van der Waals surface area contributed by atoms with Crippen LogP contribution in [0.1, 0.15) is 13.8 Å². The molecule has 90 valence electrons. The van der Waals surface area contributed by atoms with Crippen molar-refractivity contribution >= 4 is 17.4 Å². The minimum atomic E-state index is -0.929. The second kappa shape index (κ2) is 3.58. The van der Waals surface area contributed by atoms with Crippen LogP contribution < -0.4 is 16.7 Å². The lowest BCUT2D eigenvalue weighted by Gasteiger charge is -2.22. The van der Waals surface area contributed by atoms with Gasteiger partial charge in [-0.1, -0.05) is 0 Å². The van der Waals surface area contributed by atoms with E-state index in [4.69, 9.17) is 5.73 Å². The monoisotopic (exact) mass is 236 g/mol. The summed E-state index contributed by atoms with van der Waals surface area (Å²) in [5.74, 6) is -0.0844. The van der Waals surface area contributed by atoms with Gasteiger partial charge in [0, 0.05) is 6.07 Å². The first-order chi connectivity index (χ1) is 7.90. The van der Waals surface area contributed by atoms with Gasteiger partial charge in [0.1, 0.15) is 17.7 Å². The molecular weight excluding hydrogens is 224 g/mol. The van der Waals surface area contributed by atoms with Gasteiger partial charge < -0.3 is 11.1 Å². The molecule has 2 heterocycles. The Balaban J connectivity index is 2.38. The van der Waals surface area contributed by atoms with Gasteiger partial charge in [0.05, 0.1) is 0 Å². The van der Waals surface area contributed by atoms with Crippen LogP contribution in [-0.4, -0.2) is 31.0 Å². The van der Waals surface area contributed by atoms with E-state index in [1.165, 1.54) is 10.7 Å². The molecule has 0 aliphatic carbocycles. The number of anilines is 1. The predicted molar refractivity (Wildman–Crippen MR) is 60.5 cm³/mol. The number of fused-ring (bicyclic) bond motifs is 1. The fourth-order valence-corrected chi connectivity index (χ4v) is 1.26.